The Kier molecular flexibility index (Phi) is 5.73. The Balaban J connectivity index is 2.92. The first kappa shape index (κ1) is 14.9. The third-order valence-corrected chi connectivity index (χ3v) is 2.58. The maximum absolute atomic E-state index is 12.3. The first-order chi connectivity index (χ1) is 9.10. The van der Waals surface area contributed by atoms with Crippen molar-refractivity contribution >= 4 is 17.7 Å². The number of hydrogen-bond donors (Lipinski definition) is 1. The van der Waals surface area contributed by atoms with Crippen LogP contribution in [0.25, 0.3) is 0 Å². The maximum Gasteiger partial charge on any atom is 0.317 e. The largest absolute Gasteiger partial charge is 0.484 e. The van der Waals surface area contributed by atoms with Gasteiger partial charge in [0.15, 0.2) is 11.7 Å². The molecule has 5 nitrogen and oxygen atoms in total. The van der Waals surface area contributed by atoms with Gasteiger partial charge in [-0.05, 0) is 6.92 Å². The molecule has 1 unspecified atom stereocenters. The van der Waals surface area contributed by atoms with Crippen molar-refractivity contribution in [1.82, 2.24) is 0 Å². The van der Waals surface area contributed by atoms with Gasteiger partial charge in [-0.3, -0.25) is 15.0 Å². The number of hydrogen-bond acceptors (Lipinski definition) is 5. The van der Waals surface area contributed by atoms with Crippen LogP contribution in [0.15, 0.2) is 30.3 Å². The van der Waals surface area contributed by atoms with Crippen LogP contribution in [0.4, 0.5) is 0 Å². The fraction of sp³-hybridized carbons (Fsp3) is 0.357. The van der Waals surface area contributed by atoms with Crippen LogP contribution in [0.5, 0.6) is 0 Å². The lowest BCUT2D eigenvalue weighted by molar-refractivity contribution is -0.146. The summed E-state index contributed by atoms with van der Waals surface area (Å²) in [7, 11) is 1.33. The molecular weight excluding hydrogens is 246 g/mol. The molecule has 0 aliphatic heterocycles. The molecule has 1 N–H and O–H groups in total. The monoisotopic (exact) mass is 263 g/mol. The maximum atomic E-state index is 12.3. The van der Waals surface area contributed by atoms with E-state index in [0.29, 0.717) is 5.56 Å². The minimum Gasteiger partial charge on any atom is -0.484 e. The molecule has 0 saturated carbocycles. The van der Waals surface area contributed by atoms with Gasteiger partial charge in [-0.25, -0.2) is 0 Å². The summed E-state index contributed by atoms with van der Waals surface area (Å²) in [6, 6.07) is 8.48. The normalized spacial score (nSPS) is 11.5. The van der Waals surface area contributed by atoms with Gasteiger partial charge in [0.05, 0.1) is 13.7 Å². The number of esters is 1. The molecule has 0 aromatic heterocycles. The summed E-state index contributed by atoms with van der Waals surface area (Å²) < 4.78 is 9.60. The third kappa shape index (κ3) is 4.21. The molecule has 0 bridgehead atoms. The van der Waals surface area contributed by atoms with Crippen molar-refractivity contribution < 1.29 is 19.1 Å². The van der Waals surface area contributed by atoms with Gasteiger partial charge in [-0.15, -0.1) is 0 Å². The second kappa shape index (κ2) is 7.31. The summed E-state index contributed by atoms with van der Waals surface area (Å²) in [5, 5.41) is 7.47. The topological polar surface area (TPSA) is 76.5 Å². The van der Waals surface area contributed by atoms with Crippen molar-refractivity contribution in [3.8, 4) is 0 Å². The lowest BCUT2D eigenvalue weighted by atomic mass is 9.94. The molecule has 1 rings (SSSR count). The predicted octanol–water partition coefficient (Wildman–Crippen LogP) is 2.06. The van der Waals surface area contributed by atoms with Crippen molar-refractivity contribution in [2.24, 2.45) is 5.92 Å². The summed E-state index contributed by atoms with van der Waals surface area (Å²) in [5.41, 5.74) is 0.421. The van der Waals surface area contributed by atoms with Gasteiger partial charge in [-0.2, -0.15) is 0 Å². The number of ether oxygens (including phenoxy) is 2. The summed E-state index contributed by atoms with van der Waals surface area (Å²) >= 11 is 0. The van der Waals surface area contributed by atoms with Crippen molar-refractivity contribution in [1.29, 1.82) is 5.41 Å². The lowest BCUT2D eigenvalue weighted by Crippen LogP contribution is -2.29. The van der Waals surface area contributed by atoms with Crippen molar-refractivity contribution in [2.75, 3.05) is 13.7 Å². The number of ketones is 1. The van der Waals surface area contributed by atoms with E-state index in [1.165, 1.54) is 7.11 Å². The van der Waals surface area contributed by atoms with Crippen LogP contribution in [0, 0.1) is 11.3 Å². The molecular formula is C14H17NO4. The van der Waals surface area contributed by atoms with Crippen LogP contribution in [0.2, 0.25) is 0 Å². The van der Waals surface area contributed by atoms with E-state index in [1.54, 1.807) is 37.3 Å². The first-order valence-electron chi connectivity index (χ1n) is 5.97. The number of carbonyl (C=O) groups excluding carboxylic acids is 2. The highest BCUT2D eigenvalue weighted by atomic mass is 16.5. The Hall–Kier alpha value is -2.17. The van der Waals surface area contributed by atoms with Crippen LogP contribution in [-0.4, -0.2) is 31.4 Å². The molecule has 5 heteroatoms. The Morgan fingerprint density at radius 1 is 1.26 bits per heavy atom. The minimum absolute atomic E-state index is 0.0942. The van der Waals surface area contributed by atoms with E-state index in [-0.39, 0.29) is 24.7 Å². The van der Waals surface area contributed by atoms with Gasteiger partial charge in [0.25, 0.3) is 0 Å². The summed E-state index contributed by atoms with van der Waals surface area (Å²) in [6.45, 7) is 1.86. The molecule has 1 atom stereocenters. The molecule has 0 amide bonds. The van der Waals surface area contributed by atoms with Gasteiger partial charge in [0, 0.05) is 12.0 Å². The Bertz CT molecular complexity index is 456. The van der Waals surface area contributed by atoms with Crippen molar-refractivity contribution in [3.05, 3.63) is 35.9 Å². The summed E-state index contributed by atoms with van der Waals surface area (Å²) in [5.74, 6) is -2.14. The van der Waals surface area contributed by atoms with E-state index < -0.39 is 11.9 Å². The molecule has 0 aliphatic carbocycles. The number of carbonyl (C=O) groups is 2. The Morgan fingerprint density at radius 2 is 1.89 bits per heavy atom. The van der Waals surface area contributed by atoms with Gasteiger partial charge in [0.2, 0.25) is 0 Å². The SMILES string of the molecule is CCOC(=O)C(CC(=N)OC)C(=O)c1ccccc1. The zero-order chi connectivity index (χ0) is 14.3. The van der Waals surface area contributed by atoms with Crippen LogP contribution >= 0.6 is 0 Å². The van der Waals surface area contributed by atoms with E-state index in [0.717, 1.165) is 0 Å². The average molecular weight is 263 g/mol. The van der Waals surface area contributed by atoms with Crippen LogP contribution in [0.3, 0.4) is 0 Å². The number of methoxy groups -OCH3 is 1. The number of rotatable bonds is 6. The van der Waals surface area contributed by atoms with E-state index in [1.807, 2.05) is 0 Å². The fourth-order valence-corrected chi connectivity index (χ4v) is 1.60. The average Bonchev–Trinajstić information content (AvgIpc) is 2.44. The molecule has 0 fully saturated rings. The quantitative estimate of drug-likeness (QED) is 0.280. The predicted molar refractivity (Wildman–Crippen MR) is 70.2 cm³/mol. The van der Waals surface area contributed by atoms with Crippen LogP contribution in [0.1, 0.15) is 23.7 Å². The first-order valence-corrected chi connectivity index (χ1v) is 5.97. The van der Waals surface area contributed by atoms with Gasteiger partial charge >= 0.3 is 5.97 Å². The van der Waals surface area contributed by atoms with Crippen LogP contribution in [-0.2, 0) is 14.3 Å². The molecule has 19 heavy (non-hydrogen) atoms. The highest BCUT2D eigenvalue weighted by Gasteiger charge is 2.30. The van der Waals surface area contributed by atoms with E-state index in [2.05, 4.69) is 0 Å². The third-order valence-electron chi connectivity index (χ3n) is 2.58. The molecule has 0 aliphatic rings. The lowest BCUT2D eigenvalue weighted by Gasteiger charge is -2.14. The summed E-state index contributed by atoms with van der Waals surface area (Å²) in [6.07, 6.45) is -0.0942. The summed E-state index contributed by atoms with van der Waals surface area (Å²) in [4.78, 5) is 24.1. The highest BCUT2D eigenvalue weighted by molar-refractivity contribution is 6.10. The zero-order valence-electron chi connectivity index (χ0n) is 11.0. The molecule has 1 aromatic carbocycles. The second-order valence-electron chi connectivity index (χ2n) is 3.87. The van der Waals surface area contributed by atoms with Gasteiger partial charge in [-0.1, -0.05) is 30.3 Å². The van der Waals surface area contributed by atoms with Crippen molar-refractivity contribution in [2.45, 2.75) is 13.3 Å². The highest BCUT2D eigenvalue weighted by Crippen LogP contribution is 2.15. The minimum atomic E-state index is -1.03. The zero-order valence-corrected chi connectivity index (χ0v) is 11.0. The van der Waals surface area contributed by atoms with Crippen molar-refractivity contribution in [3.63, 3.8) is 0 Å². The van der Waals surface area contributed by atoms with E-state index in [9.17, 15) is 9.59 Å². The number of nitrogens with one attached hydrogen (secondary N) is 1. The van der Waals surface area contributed by atoms with Gasteiger partial charge in [0.1, 0.15) is 5.92 Å². The van der Waals surface area contributed by atoms with E-state index in [4.69, 9.17) is 14.9 Å². The Labute approximate surface area is 112 Å². The van der Waals surface area contributed by atoms with Crippen LogP contribution < -0.4 is 0 Å². The fourth-order valence-electron chi connectivity index (χ4n) is 1.60. The number of Topliss-reactive ketones (excluding diaryl/α,β-unsaturated/α-hetero) is 1. The number of benzene rings is 1. The molecule has 0 heterocycles. The molecule has 1 aromatic rings. The molecule has 0 saturated heterocycles. The van der Waals surface area contributed by atoms with E-state index >= 15 is 0 Å². The smallest absolute Gasteiger partial charge is 0.317 e. The van der Waals surface area contributed by atoms with Gasteiger partial charge < -0.3 is 9.47 Å². The molecule has 0 spiro atoms. The molecule has 0 radical (unpaired) electrons. The Morgan fingerprint density at radius 3 is 2.42 bits per heavy atom. The standard InChI is InChI=1S/C14H17NO4/c1-3-19-14(17)11(9-12(15)18-2)13(16)10-7-5-4-6-8-10/h4-8,11,15H,3,9H2,1-2H3. The molecule has 102 valence electrons. The second-order valence-corrected chi connectivity index (χ2v) is 3.87.